The number of nitrogens with zero attached hydrogens (tertiary/aromatic N) is 3. The van der Waals surface area contributed by atoms with Crippen LogP contribution in [0.2, 0.25) is 0 Å². The molecule has 1 aromatic heterocycles. The SMILES string of the molecule is CN(C)c1ccc(NCc2ccn(C3CCCC3)n2)cc1. The Kier molecular flexibility index (Phi) is 4.13. The summed E-state index contributed by atoms with van der Waals surface area (Å²) in [6, 6.07) is 11.2. The highest BCUT2D eigenvalue weighted by Crippen LogP contribution is 2.28. The van der Waals surface area contributed by atoms with Crippen LogP contribution in [0.15, 0.2) is 36.5 Å². The Morgan fingerprint density at radius 2 is 1.86 bits per heavy atom. The van der Waals surface area contributed by atoms with E-state index in [-0.39, 0.29) is 0 Å². The van der Waals surface area contributed by atoms with Gasteiger partial charge in [0, 0.05) is 31.7 Å². The average Bonchev–Trinajstić information content (AvgIpc) is 3.16. The summed E-state index contributed by atoms with van der Waals surface area (Å²) >= 11 is 0. The molecule has 0 aliphatic heterocycles. The van der Waals surface area contributed by atoms with Crippen molar-refractivity contribution in [1.29, 1.82) is 0 Å². The molecule has 1 aliphatic rings. The molecule has 1 fully saturated rings. The molecule has 1 heterocycles. The van der Waals surface area contributed by atoms with E-state index in [0.717, 1.165) is 17.9 Å². The van der Waals surface area contributed by atoms with Gasteiger partial charge < -0.3 is 10.2 Å². The van der Waals surface area contributed by atoms with Gasteiger partial charge >= 0.3 is 0 Å². The monoisotopic (exact) mass is 284 g/mol. The minimum absolute atomic E-state index is 0.623. The first-order valence-electron chi connectivity index (χ1n) is 7.78. The van der Waals surface area contributed by atoms with Crippen LogP contribution in [0.1, 0.15) is 37.4 Å². The van der Waals surface area contributed by atoms with Crippen LogP contribution in [0.25, 0.3) is 0 Å². The Morgan fingerprint density at radius 1 is 1.14 bits per heavy atom. The average molecular weight is 284 g/mol. The molecular formula is C17H24N4. The van der Waals surface area contributed by atoms with Gasteiger partial charge in [0.15, 0.2) is 0 Å². The molecular weight excluding hydrogens is 260 g/mol. The van der Waals surface area contributed by atoms with E-state index < -0.39 is 0 Å². The van der Waals surface area contributed by atoms with Gasteiger partial charge in [-0.05, 0) is 43.2 Å². The van der Waals surface area contributed by atoms with E-state index in [0.29, 0.717) is 6.04 Å². The summed E-state index contributed by atoms with van der Waals surface area (Å²) < 4.78 is 2.15. The molecule has 1 saturated carbocycles. The molecule has 0 unspecified atom stereocenters. The molecule has 0 spiro atoms. The van der Waals surface area contributed by atoms with Gasteiger partial charge in [0.25, 0.3) is 0 Å². The third-order valence-corrected chi connectivity index (χ3v) is 4.22. The van der Waals surface area contributed by atoms with E-state index in [2.05, 4.69) is 65.5 Å². The Bertz CT molecular complexity index is 565. The van der Waals surface area contributed by atoms with Crippen LogP contribution in [0.4, 0.5) is 11.4 Å². The molecule has 0 bridgehead atoms. The molecule has 112 valence electrons. The number of anilines is 2. The van der Waals surface area contributed by atoms with Crippen molar-refractivity contribution in [3.63, 3.8) is 0 Å². The van der Waals surface area contributed by atoms with Crippen molar-refractivity contribution in [3.8, 4) is 0 Å². The van der Waals surface area contributed by atoms with Crippen LogP contribution >= 0.6 is 0 Å². The van der Waals surface area contributed by atoms with E-state index in [4.69, 9.17) is 5.10 Å². The Morgan fingerprint density at radius 3 is 2.52 bits per heavy atom. The largest absolute Gasteiger partial charge is 0.379 e. The predicted molar refractivity (Wildman–Crippen MR) is 87.8 cm³/mol. The highest BCUT2D eigenvalue weighted by atomic mass is 15.3. The molecule has 0 amide bonds. The van der Waals surface area contributed by atoms with Crippen LogP contribution in [0.3, 0.4) is 0 Å². The molecule has 4 heteroatoms. The zero-order chi connectivity index (χ0) is 14.7. The van der Waals surface area contributed by atoms with E-state index in [1.54, 1.807) is 0 Å². The minimum atomic E-state index is 0.623. The van der Waals surface area contributed by atoms with E-state index >= 15 is 0 Å². The summed E-state index contributed by atoms with van der Waals surface area (Å²) in [6.45, 7) is 0.779. The summed E-state index contributed by atoms with van der Waals surface area (Å²) in [6.07, 6.45) is 7.37. The van der Waals surface area contributed by atoms with Gasteiger partial charge in [0.05, 0.1) is 18.3 Å². The summed E-state index contributed by atoms with van der Waals surface area (Å²) in [4.78, 5) is 2.10. The maximum Gasteiger partial charge on any atom is 0.0815 e. The normalized spacial score (nSPS) is 15.3. The molecule has 0 radical (unpaired) electrons. The van der Waals surface area contributed by atoms with Crippen molar-refractivity contribution < 1.29 is 0 Å². The van der Waals surface area contributed by atoms with Crippen LogP contribution in [-0.2, 0) is 6.54 Å². The Balaban J connectivity index is 1.57. The minimum Gasteiger partial charge on any atom is -0.379 e. The fourth-order valence-electron chi connectivity index (χ4n) is 2.91. The summed E-state index contributed by atoms with van der Waals surface area (Å²) in [7, 11) is 4.11. The molecule has 0 atom stereocenters. The zero-order valence-corrected chi connectivity index (χ0v) is 12.9. The first kappa shape index (κ1) is 14.0. The second-order valence-electron chi connectivity index (χ2n) is 6.02. The Hall–Kier alpha value is -1.97. The number of hydrogen-bond donors (Lipinski definition) is 1. The van der Waals surface area contributed by atoms with Crippen LogP contribution in [-0.4, -0.2) is 23.9 Å². The van der Waals surface area contributed by atoms with Crippen molar-refractivity contribution in [2.24, 2.45) is 0 Å². The van der Waals surface area contributed by atoms with Gasteiger partial charge in [-0.1, -0.05) is 12.8 Å². The standard InChI is InChI=1S/C17H24N4/c1-20(2)16-9-7-14(8-10-16)18-13-15-11-12-21(19-15)17-5-3-4-6-17/h7-12,17-18H,3-6,13H2,1-2H3. The number of nitrogens with one attached hydrogen (secondary N) is 1. The third-order valence-electron chi connectivity index (χ3n) is 4.22. The van der Waals surface area contributed by atoms with Gasteiger partial charge in [-0.15, -0.1) is 0 Å². The molecule has 1 aliphatic carbocycles. The maximum absolute atomic E-state index is 4.70. The van der Waals surface area contributed by atoms with Gasteiger partial charge in [0.1, 0.15) is 0 Å². The predicted octanol–water partition coefficient (Wildman–Crippen LogP) is 3.68. The second kappa shape index (κ2) is 6.20. The number of rotatable bonds is 5. The van der Waals surface area contributed by atoms with Gasteiger partial charge in [0.2, 0.25) is 0 Å². The van der Waals surface area contributed by atoms with Crippen molar-refractivity contribution in [2.45, 2.75) is 38.3 Å². The van der Waals surface area contributed by atoms with E-state index in [9.17, 15) is 0 Å². The summed E-state index contributed by atoms with van der Waals surface area (Å²) in [5, 5.41) is 8.14. The van der Waals surface area contributed by atoms with Crippen LogP contribution in [0.5, 0.6) is 0 Å². The lowest BCUT2D eigenvalue weighted by Crippen LogP contribution is -2.09. The zero-order valence-electron chi connectivity index (χ0n) is 12.9. The Labute approximate surface area is 126 Å². The molecule has 21 heavy (non-hydrogen) atoms. The second-order valence-corrected chi connectivity index (χ2v) is 6.02. The quantitative estimate of drug-likeness (QED) is 0.909. The maximum atomic E-state index is 4.70. The number of aromatic nitrogens is 2. The number of benzene rings is 1. The van der Waals surface area contributed by atoms with Gasteiger partial charge in [-0.3, -0.25) is 4.68 Å². The first-order chi connectivity index (χ1) is 10.2. The molecule has 2 aromatic rings. The van der Waals surface area contributed by atoms with Crippen molar-refractivity contribution in [2.75, 3.05) is 24.3 Å². The molecule has 4 nitrogen and oxygen atoms in total. The van der Waals surface area contributed by atoms with Crippen molar-refractivity contribution in [3.05, 3.63) is 42.2 Å². The summed E-state index contributed by atoms with van der Waals surface area (Å²) in [5.41, 5.74) is 3.46. The number of hydrogen-bond acceptors (Lipinski definition) is 3. The van der Waals surface area contributed by atoms with Crippen LogP contribution in [0, 0.1) is 0 Å². The van der Waals surface area contributed by atoms with E-state index in [1.807, 2.05) is 0 Å². The molecule has 3 rings (SSSR count). The highest BCUT2D eigenvalue weighted by molar-refractivity contribution is 5.54. The fraction of sp³-hybridized carbons (Fsp3) is 0.471. The molecule has 0 saturated heterocycles. The van der Waals surface area contributed by atoms with Crippen molar-refractivity contribution in [1.82, 2.24) is 9.78 Å². The van der Waals surface area contributed by atoms with Gasteiger partial charge in [-0.2, -0.15) is 5.10 Å². The van der Waals surface area contributed by atoms with Gasteiger partial charge in [-0.25, -0.2) is 0 Å². The van der Waals surface area contributed by atoms with E-state index in [1.165, 1.54) is 31.4 Å². The first-order valence-corrected chi connectivity index (χ1v) is 7.78. The van der Waals surface area contributed by atoms with Crippen molar-refractivity contribution >= 4 is 11.4 Å². The lowest BCUT2D eigenvalue weighted by molar-refractivity contribution is 0.463. The third kappa shape index (κ3) is 3.38. The molecule has 1 N–H and O–H groups in total. The fourth-order valence-corrected chi connectivity index (χ4v) is 2.91. The molecule has 1 aromatic carbocycles. The van der Waals surface area contributed by atoms with Crippen LogP contribution < -0.4 is 10.2 Å². The summed E-state index contributed by atoms with van der Waals surface area (Å²) in [5.74, 6) is 0. The highest BCUT2D eigenvalue weighted by Gasteiger charge is 2.17. The lowest BCUT2D eigenvalue weighted by Gasteiger charge is -2.13. The topological polar surface area (TPSA) is 33.1 Å². The smallest absolute Gasteiger partial charge is 0.0815 e. The lowest BCUT2D eigenvalue weighted by atomic mass is 10.2.